The molecule has 0 radical (unpaired) electrons. The minimum atomic E-state index is -0.693. The summed E-state index contributed by atoms with van der Waals surface area (Å²) in [5.74, 6) is -0.693. The van der Waals surface area contributed by atoms with Crippen molar-refractivity contribution in [2.75, 3.05) is 0 Å². The minimum absolute atomic E-state index is 0.316. The molecule has 154 valence electrons. The van der Waals surface area contributed by atoms with E-state index in [4.69, 9.17) is 5.11 Å². The average Bonchev–Trinajstić information content (AvgIpc) is 2.67. The summed E-state index contributed by atoms with van der Waals surface area (Å²) in [6.45, 7) is 22.5. The zero-order chi connectivity index (χ0) is 20.6. The Kier molecular flexibility index (Phi) is 108. The molecule has 0 aromatic rings. The van der Waals surface area contributed by atoms with Crippen LogP contribution in [0.2, 0.25) is 0 Å². The molecule has 0 amide bonds. The molecule has 0 fully saturated rings. The summed E-state index contributed by atoms with van der Waals surface area (Å²) in [4.78, 5) is 9.76. The lowest BCUT2D eigenvalue weighted by Gasteiger charge is -1.96. The first kappa shape index (κ1) is 38.8. The number of aliphatic carboxylic acids is 1. The molecule has 0 aliphatic heterocycles. The van der Waals surface area contributed by atoms with Crippen LogP contribution in [-0.2, 0) is 4.79 Å². The second-order valence-electron chi connectivity index (χ2n) is 4.27. The van der Waals surface area contributed by atoms with Gasteiger partial charge in [-0.1, -0.05) is 128 Å². The van der Waals surface area contributed by atoms with Crippen molar-refractivity contribution in [2.24, 2.45) is 0 Å². The fourth-order valence-corrected chi connectivity index (χ4v) is 1.36. The number of carboxylic acids is 1. The van der Waals surface area contributed by atoms with Crippen molar-refractivity contribution in [3.8, 4) is 0 Å². The Morgan fingerprint density at radius 3 is 0.958 bits per heavy atom. The van der Waals surface area contributed by atoms with E-state index in [-0.39, 0.29) is 0 Å². The van der Waals surface area contributed by atoms with E-state index in [0.29, 0.717) is 6.42 Å². The number of hydrogen-bond donors (Lipinski definition) is 1. The van der Waals surface area contributed by atoms with Gasteiger partial charge in [-0.25, -0.2) is 0 Å². The molecule has 0 spiro atoms. The first-order valence-corrected chi connectivity index (χ1v) is 10.9. The van der Waals surface area contributed by atoms with Crippen LogP contribution in [0.3, 0.4) is 0 Å². The second-order valence-corrected chi connectivity index (χ2v) is 4.27. The molecule has 0 aromatic heterocycles. The molecule has 0 atom stereocenters. The van der Waals surface area contributed by atoms with E-state index in [1.54, 1.807) is 0 Å². The minimum Gasteiger partial charge on any atom is -0.481 e. The van der Waals surface area contributed by atoms with Crippen LogP contribution in [-0.4, -0.2) is 11.1 Å². The lowest BCUT2D eigenvalue weighted by Crippen LogP contribution is -1.91. The van der Waals surface area contributed by atoms with Gasteiger partial charge in [0.1, 0.15) is 0 Å². The molecular formula is C22H54O2. The summed E-state index contributed by atoms with van der Waals surface area (Å²) >= 11 is 0. The van der Waals surface area contributed by atoms with Crippen molar-refractivity contribution in [3.05, 3.63) is 0 Å². The maximum Gasteiger partial charge on any atom is 0.303 e. The molecule has 0 saturated heterocycles. The molecule has 0 unspecified atom stereocenters. The Balaban J connectivity index is -0.0000000481. The van der Waals surface area contributed by atoms with Gasteiger partial charge in [0.2, 0.25) is 0 Å². The highest BCUT2D eigenvalue weighted by Gasteiger charge is 1.90. The standard InChI is InChI=1S/C9H20.C5H10O2.4C2H6/c1-3-5-7-9-8-6-4-2;1-2-3-4-5(6)7;4*1-2/h3-9H2,1-2H3;2-4H2,1H3,(H,6,7);4*1-2H3. The van der Waals surface area contributed by atoms with Gasteiger partial charge in [0.15, 0.2) is 0 Å². The average molecular weight is 351 g/mol. The lowest BCUT2D eigenvalue weighted by atomic mass is 10.1. The summed E-state index contributed by atoms with van der Waals surface area (Å²) in [5, 5.41) is 8.04. The van der Waals surface area contributed by atoms with Gasteiger partial charge < -0.3 is 5.11 Å². The molecule has 2 heteroatoms. The predicted molar refractivity (Wildman–Crippen MR) is 116 cm³/mol. The molecule has 0 bridgehead atoms. The summed E-state index contributed by atoms with van der Waals surface area (Å²) < 4.78 is 0. The third-order valence-electron chi connectivity index (χ3n) is 2.45. The number of unbranched alkanes of at least 4 members (excludes halogenated alkanes) is 7. The van der Waals surface area contributed by atoms with Gasteiger partial charge >= 0.3 is 5.97 Å². The Labute approximate surface area is 156 Å². The molecule has 1 N–H and O–H groups in total. The second kappa shape index (κ2) is 66.6. The van der Waals surface area contributed by atoms with E-state index in [1.165, 1.54) is 44.9 Å². The van der Waals surface area contributed by atoms with Crippen LogP contribution in [0.25, 0.3) is 0 Å². The smallest absolute Gasteiger partial charge is 0.303 e. The molecule has 24 heavy (non-hydrogen) atoms. The summed E-state index contributed by atoms with van der Waals surface area (Å²) in [5.41, 5.74) is 0. The third-order valence-corrected chi connectivity index (χ3v) is 2.45. The molecule has 0 aliphatic rings. The fourth-order valence-electron chi connectivity index (χ4n) is 1.36. The van der Waals surface area contributed by atoms with Gasteiger partial charge in [-0.2, -0.15) is 0 Å². The van der Waals surface area contributed by atoms with Crippen molar-refractivity contribution < 1.29 is 9.90 Å². The molecule has 0 aliphatic carbocycles. The largest absolute Gasteiger partial charge is 0.481 e. The molecule has 0 saturated carbocycles. The normalized spacial score (nSPS) is 7.29. The lowest BCUT2D eigenvalue weighted by molar-refractivity contribution is -0.137. The number of rotatable bonds is 9. The summed E-state index contributed by atoms with van der Waals surface area (Å²) in [6.07, 6.45) is 12.1. The Bertz CT molecular complexity index is 128. The summed E-state index contributed by atoms with van der Waals surface area (Å²) in [6, 6.07) is 0. The number of carboxylic acid groups (broad SMARTS) is 1. The maximum absolute atomic E-state index is 9.76. The van der Waals surface area contributed by atoms with Crippen molar-refractivity contribution >= 4 is 5.97 Å². The molecule has 0 rings (SSSR count). The van der Waals surface area contributed by atoms with Crippen LogP contribution in [0.1, 0.15) is 140 Å². The first-order valence-electron chi connectivity index (χ1n) is 10.9. The zero-order valence-electron chi connectivity index (χ0n) is 19.4. The van der Waals surface area contributed by atoms with Crippen molar-refractivity contribution in [2.45, 2.75) is 140 Å². The van der Waals surface area contributed by atoms with Crippen LogP contribution in [0, 0.1) is 0 Å². The van der Waals surface area contributed by atoms with Gasteiger partial charge in [0.05, 0.1) is 0 Å². The quantitative estimate of drug-likeness (QED) is 0.421. The monoisotopic (exact) mass is 350 g/mol. The molecule has 0 aromatic carbocycles. The van der Waals surface area contributed by atoms with Gasteiger partial charge in [-0.15, -0.1) is 0 Å². The van der Waals surface area contributed by atoms with E-state index in [2.05, 4.69) is 13.8 Å². The van der Waals surface area contributed by atoms with Crippen molar-refractivity contribution in [1.82, 2.24) is 0 Å². The van der Waals surface area contributed by atoms with Crippen LogP contribution in [0.4, 0.5) is 0 Å². The van der Waals surface area contributed by atoms with Gasteiger partial charge in [0, 0.05) is 6.42 Å². The van der Waals surface area contributed by atoms with E-state index in [1.807, 2.05) is 62.3 Å². The number of carbonyl (C=O) groups is 1. The van der Waals surface area contributed by atoms with E-state index in [0.717, 1.165) is 12.8 Å². The molecule has 0 heterocycles. The highest BCUT2D eigenvalue weighted by molar-refractivity contribution is 5.66. The fraction of sp³-hybridized carbons (Fsp3) is 0.955. The maximum atomic E-state index is 9.76. The predicted octanol–water partition coefficient (Wildman–Crippen LogP) is 9.12. The van der Waals surface area contributed by atoms with Crippen LogP contribution >= 0.6 is 0 Å². The van der Waals surface area contributed by atoms with Crippen molar-refractivity contribution in [3.63, 3.8) is 0 Å². The van der Waals surface area contributed by atoms with Crippen LogP contribution in [0.15, 0.2) is 0 Å². The van der Waals surface area contributed by atoms with Crippen molar-refractivity contribution in [1.29, 1.82) is 0 Å². The zero-order valence-corrected chi connectivity index (χ0v) is 19.4. The number of hydrogen-bond acceptors (Lipinski definition) is 1. The molecular weight excluding hydrogens is 296 g/mol. The van der Waals surface area contributed by atoms with Gasteiger partial charge in [-0.3, -0.25) is 4.79 Å². The Morgan fingerprint density at radius 1 is 0.542 bits per heavy atom. The SMILES string of the molecule is CC.CC.CC.CC.CCCCC(=O)O.CCCCCCCCC. The van der Waals surface area contributed by atoms with Gasteiger partial charge in [0.25, 0.3) is 0 Å². The Hall–Kier alpha value is -0.530. The highest BCUT2D eigenvalue weighted by Crippen LogP contribution is 2.05. The molecule has 2 nitrogen and oxygen atoms in total. The van der Waals surface area contributed by atoms with E-state index < -0.39 is 5.97 Å². The highest BCUT2D eigenvalue weighted by atomic mass is 16.4. The Morgan fingerprint density at radius 2 is 0.792 bits per heavy atom. The van der Waals surface area contributed by atoms with Crippen LogP contribution in [0.5, 0.6) is 0 Å². The third kappa shape index (κ3) is 100. The summed E-state index contributed by atoms with van der Waals surface area (Å²) in [7, 11) is 0. The van der Waals surface area contributed by atoms with Gasteiger partial charge in [-0.05, 0) is 6.42 Å². The topological polar surface area (TPSA) is 37.3 Å². The van der Waals surface area contributed by atoms with Crippen LogP contribution < -0.4 is 0 Å². The van der Waals surface area contributed by atoms with E-state index >= 15 is 0 Å². The van der Waals surface area contributed by atoms with E-state index in [9.17, 15) is 4.79 Å². The first-order chi connectivity index (χ1) is 11.7.